The first-order valence-electron chi connectivity index (χ1n) is 7.57. The second-order valence-corrected chi connectivity index (χ2v) is 6.17. The topological polar surface area (TPSA) is 20.3 Å². The average molecular weight is 257 g/mol. The number of rotatable bonds is 3. The fourth-order valence-electron chi connectivity index (χ4n) is 3.47. The number of carbonyl (C=O) groups excluding carboxylic acids is 1. The van der Waals surface area contributed by atoms with E-state index in [0.717, 1.165) is 32.2 Å². The number of ketones is 1. The first kappa shape index (κ1) is 12.7. The SMILES string of the molecule is CN(CC1CCC(=O)CC1)c1ccc2c(c1)CCC2. The van der Waals surface area contributed by atoms with Gasteiger partial charge in [0.15, 0.2) is 0 Å². The molecule has 0 radical (unpaired) electrons. The second-order valence-electron chi connectivity index (χ2n) is 6.17. The summed E-state index contributed by atoms with van der Waals surface area (Å²) in [6, 6.07) is 6.94. The van der Waals surface area contributed by atoms with Gasteiger partial charge >= 0.3 is 0 Å². The zero-order valence-corrected chi connectivity index (χ0v) is 11.8. The third-order valence-corrected chi connectivity index (χ3v) is 4.72. The third kappa shape index (κ3) is 2.83. The minimum Gasteiger partial charge on any atom is -0.374 e. The molecule has 0 bridgehead atoms. The van der Waals surface area contributed by atoms with Gasteiger partial charge in [0.25, 0.3) is 0 Å². The predicted octanol–water partition coefficient (Wildman–Crippen LogP) is 3.37. The lowest BCUT2D eigenvalue weighted by molar-refractivity contribution is -0.120. The van der Waals surface area contributed by atoms with E-state index < -0.39 is 0 Å². The van der Waals surface area contributed by atoms with Crippen molar-refractivity contribution in [3.8, 4) is 0 Å². The van der Waals surface area contributed by atoms with Crippen molar-refractivity contribution in [2.24, 2.45) is 5.92 Å². The second kappa shape index (κ2) is 5.36. The van der Waals surface area contributed by atoms with E-state index in [0.29, 0.717) is 11.7 Å². The Hall–Kier alpha value is -1.31. The molecule has 19 heavy (non-hydrogen) atoms. The number of nitrogens with zero attached hydrogens (tertiary/aromatic N) is 1. The molecule has 1 fully saturated rings. The molecule has 2 nitrogen and oxygen atoms in total. The highest BCUT2D eigenvalue weighted by atomic mass is 16.1. The standard InChI is InChI=1S/C17H23NO/c1-18(12-13-5-9-17(19)10-6-13)16-8-7-14-3-2-4-15(14)11-16/h7-8,11,13H,2-6,9-10,12H2,1H3. The van der Waals surface area contributed by atoms with E-state index in [4.69, 9.17) is 0 Å². The van der Waals surface area contributed by atoms with E-state index in [-0.39, 0.29) is 0 Å². The molecule has 0 unspecified atom stereocenters. The van der Waals surface area contributed by atoms with E-state index in [2.05, 4.69) is 30.1 Å². The Morgan fingerprint density at radius 3 is 2.63 bits per heavy atom. The van der Waals surface area contributed by atoms with Crippen LogP contribution in [0.1, 0.15) is 43.2 Å². The van der Waals surface area contributed by atoms with E-state index in [1.165, 1.54) is 24.9 Å². The number of fused-ring (bicyclic) bond motifs is 1. The molecule has 0 aliphatic heterocycles. The van der Waals surface area contributed by atoms with Gasteiger partial charge in [-0.2, -0.15) is 0 Å². The van der Waals surface area contributed by atoms with Gasteiger partial charge in [-0.1, -0.05) is 6.07 Å². The molecular weight excluding hydrogens is 234 g/mol. The Labute approximate surface area is 115 Å². The van der Waals surface area contributed by atoms with Crippen LogP contribution in [0.3, 0.4) is 0 Å². The Morgan fingerprint density at radius 2 is 1.84 bits per heavy atom. The average Bonchev–Trinajstić information content (AvgIpc) is 2.88. The summed E-state index contributed by atoms with van der Waals surface area (Å²) in [7, 11) is 2.19. The van der Waals surface area contributed by atoms with Crippen molar-refractivity contribution in [1.82, 2.24) is 0 Å². The van der Waals surface area contributed by atoms with Gasteiger partial charge in [-0.05, 0) is 61.3 Å². The van der Waals surface area contributed by atoms with Crippen LogP contribution >= 0.6 is 0 Å². The van der Waals surface area contributed by atoms with Crippen LogP contribution in [0.5, 0.6) is 0 Å². The van der Waals surface area contributed by atoms with Gasteiger partial charge in [0.05, 0.1) is 0 Å². The predicted molar refractivity (Wildman–Crippen MR) is 78.7 cm³/mol. The van der Waals surface area contributed by atoms with Gasteiger partial charge in [-0.3, -0.25) is 4.79 Å². The van der Waals surface area contributed by atoms with Crippen molar-refractivity contribution in [3.63, 3.8) is 0 Å². The number of aryl methyl sites for hydroxylation is 2. The Bertz CT molecular complexity index is 470. The molecule has 0 heterocycles. The van der Waals surface area contributed by atoms with Crippen LogP contribution in [0.25, 0.3) is 0 Å². The molecule has 2 heteroatoms. The van der Waals surface area contributed by atoms with Gasteiger partial charge in [-0.15, -0.1) is 0 Å². The molecule has 0 atom stereocenters. The fourth-order valence-corrected chi connectivity index (χ4v) is 3.47. The highest BCUT2D eigenvalue weighted by Crippen LogP contribution is 2.28. The summed E-state index contributed by atoms with van der Waals surface area (Å²) in [5.41, 5.74) is 4.43. The van der Waals surface area contributed by atoms with Crippen LogP contribution in [-0.4, -0.2) is 19.4 Å². The molecule has 0 saturated heterocycles. The van der Waals surface area contributed by atoms with E-state index in [1.54, 1.807) is 11.1 Å². The smallest absolute Gasteiger partial charge is 0.132 e. The third-order valence-electron chi connectivity index (χ3n) is 4.72. The van der Waals surface area contributed by atoms with Crippen molar-refractivity contribution in [1.29, 1.82) is 0 Å². The molecule has 1 saturated carbocycles. The van der Waals surface area contributed by atoms with Crippen molar-refractivity contribution in [3.05, 3.63) is 29.3 Å². The maximum Gasteiger partial charge on any atom is 0.132 e. The number of benzene rings is 1. The zero-order chi connectivity index (χ0) is 13.2. The van der Waals surface area contributed by atoms with Crippen LogP contribution in [0.2, 0.25) is 0 Å². The lowest BCUT2D eigenvalue weighted by atomic mass is 9.88. The van der Waals surface area contributed by atoms with Crippen LogP contribution in [0, 0.1) is 5.92 Å². The monoisotopic (exact) mass is 257 g/mol. The fraction of sp³-hybridized carbons (Fsp3) is 0.588. The van der Waals surface area contributed by atoms with Crippen molar-refractivity contribution >= 4 is 11.5 Å². The summed E-state index contributed by atoms with van der Waals surface area (Å²) in [5, 5.41) is 0. The Balaban J connectivity index is 1.63. The van der Waals surface area contributed by atoms with E-state index in [9.17, 15) is 4.79 Å². The highest BCUT2D eigenvalue weighted by molar-refractivity contribution is 5.79. The normalized spacial score (nSPS) is 19.5. The van der Waals surface area contributed by atoms with E-state index >= 15 is 0 Å². The lowest BCUT2D eigenvalue weighted by Gasteiger charge is -2.28. The summed E-state index contributed by atoms with van der Waals surface area (Å²) in [6.07, 6.45) is 7.56. The number of Topliss-reactive ketones (excluding diaryl/α,β-unsaturated/α-hetero) is 1. The highest BCUT2D eigenvalue weighted by Gasteiger charge is 2.20. The molecule has 1 aromatic carbocycles. The van der Waals surface area contributed by atoms with Crippen LogP contribution < -0.4 is 4.90 Å². The van der Waals surface area contributed by atoms with Crippen LogP contribution in [0.4, 0.5) is 5.69 Å². The zero-order valence-electron chi connectivity index (χ0n) is 11.8. The summed E-state index contributed by atoms with van der Waals surface area (Å²) >= 11 is 0. The summed E-state index contributed by atoms with van der Waals surface area (Å²) in [6.45, 7) is 1.09. The first-order chi connectivity index (χ1) is 9.22. The molecule has 1 aromatic rings. The maximum atomic E-state index is 11.3. The molecule has 2 aliphatic rings. The molecule has 0 spiro atoms. The number of carbonyl (C=O) groups is 1. The van der Waals surface area contributed by atoms with Gasteiger partial charge in [-0.25, -0.2) is 0 Å². The summed E-state index contributed by atoms with van der Waals surface area (Å²) in [5.74, 6) is 1.15. The number of hydrogen-bond donors (Lipinski definition) is 0. The van der Waals surface area contributed by atoms with E-state index in [1.807, 2.05) is 0 Å². The largest absolute Gasteiger partial charge is 0.374 e. The van der Waals surface area contributed by atoms with Crippen molar-refractivity contribution in [2.45, 2.75) is 44.9 Å². The van der Waals surface area contributed by atoms with Crippen LogP contribution in [0.15, 0.2) is 18.2 Å². The summed E-state index contributed by atoms with van der Waals surface area (Å²) in [4.78, 5) is 13.7. The Morgan fingerprint density at radius 1 is 1.11 bits per heavy atom. The minimum absolute atomic E-state index is 0.455. The number of anilines is 1. The van der Waals surface area contributed by atoms with Gasteiger partial charge in [0.2, 0.25) is 0 Å². The lowest BCUT2D eigenvalue weighted by Crippen LogP contribution is -2.28. The molecule has 3 rings (SSSR count). The quantitative estimate of drug-likeness (QED) is 0.827. The van der Waals surface area contributed by atoms with Crippen LogP contribution in [-0.2, 0) is 17.6 Å². The van der Waals surface area contributed by atoms with Gasteiger partial charge in [0.1, 0.15) is 5.78 Å². The van der Waals surface area contributed by atoms with Crippen molar-refractivity contribution < 1.29 is 4.79 Å². The molecule has 2 aliphatic carbocycles. The molecule has 0 aromatic heterocycles. The molecular formula is C17H23NO. The van der Waals surface area contributed by atoms with Gasteiger partial charge in [0, 0.05) is 32.1 Å². The van der Waals surface area contributed by atoms with Gasteiger partial charge < -0.3 is 4.90 Å². The number of hydrogen-bond acceptors (Lipinski definition) is 2. The molecule has 102 valence electrons. The minimum atomic E-state index is 0.455. The molecule has 0 N–H and O–H groups in total. The van der Waals surface area contributed by atoms with Crippen molar-refractivity contribution in [2.75, 3.05) is 18.5 Å². The molecule has 0 amide bonds. The first-order valence-corrected chi connectivity index (χ1v) is 7.57. The summed E-state index contributed by atoms with van der Waals surface area (Å²) < 4.78 is 0. The maximum absolute atomic E-state index is 11.3. The Kier molecular flexibility index (Phi) is 3.58.